The zero-order chi connectivity index (χ0) is 24.0. The summed E-state index contributed by atoms with van der Waals surface area (Å²) in [6.07, 6.45) is 0. The van der Waals surface area contributed by atoms with Gasteiger partial charge in [0.2, 0.25) is 5.91 Å². The number of hydrogen-bond acceptors (Lipinski definition) is 5. The average Bonchev–Trinajstić information content (AvgIpc) is 2.79. The topological polar surface area (TPSA) is 114 Å². The molecule has 10 heteroatoms. The van der Waals surface area contributed by atoms with Crippen LogP contribution in [0.2, 0.25) is 0 Å². The van der Waals surface area contributed by atoms with Crippen LogP contribution in [-0.4, -0.2) is 33.9 Å². The van der Waals surface area contributed by atoms with Gasteiger partial charge in [0.1, 0.15) is 11.6 Å². The molecular weight excluding hydrogens is 449 g/mol. The molecule has 33 heavy (non-hydrogen) atoms. The van der Waals surface area contributed by atoms with Gasteiger partial charge in [-0.2, -0.15) is 0 Å². The Bertz CT molecular complexity index is 1280. The number of para-hydroxylation sites is 2. The summed E-state index contributed by atoms with van der Waals surface area (Å²) in [6, 6.07) is 15.8. The van der Waals surface area contributed by atoms with Gasteiger partial charge in [-0.15, -0.1) is 0 Å². The molecule has 0 aromatic heterocycles. The lowest BCUT2D eigenvalue weighted by Crippen LogP contribution is -2.33. The van der Waals surface area contributed by atoms with E-state index in [0.717, 1.165) is 12.1 Å². The minimum atomic E-state index is -3.97. The van der Waals surface area contributed by atoms with Crippen molar-refractivity contribution in [3.63, 3.8) is 0 Å². The number of carbonyl (C=O) groups is 2. The first-order valence-corrected chi connectivity index (χ1v) is 11.3. The fourth-order valence-corrected chi connectivity index (χ4v) is 3.99. The summed E-state index contributed by atoms with van der Waals surface area (Å²) in [5, 5.41) is 5.02. The van der Waals surface area contributed by atoms with Crippen molar-refractivity contribution in [2.24, 2.45) is 0 Å². The highest BCUT2D eigenvalue weighted by molar-refractivity contribution is 7.92. The zero-order valence-corrected chi connectivity index (χ0v) is 18.7. The van der Waals surface area contributed by atoms with E-state index in [4.69, 9.17) is 4.74 Å². The molecule has 0 spiro atoms. The molecule has 0 atom stereocenters. The predicted molar refractivity (Wildman–Crippen MR) is 122 cm³/mol. The van der Waals surface area contributed by atoms with Gasteiger partial charge in [-0.1, -0.05) is 18.2 Å². The van der Waals surface area contributed by atoms with Crippen LogP contribution in [0.15, 0.2) is 71.6 Å². The lowest BCUT2D eigenvalue weighted by Gasteiger charge is -2.14. The van der Waals surface area contributed by atoms with E-state index < -0.39 is 27.7 Å². The highest BCUT2D eigenvalue weighted by Gasteiger charge is 2.18. The molecule has 8 nitrogen and oxygen atoms in total. The molecule has 0 saturated carbocycles. The maximum absolute atomic E-state index is 13.0. The van der Waals surface area contributed by atoms with Crippen LogP contribution in [0.3, 0.4) is 0 Å². The summed E-state index contributed by atoms with van der Waals surface area (Å²) in [6.45, 7) is 1.35. The van der Waals surface area contributed by atoms with Gasteiger partial charge in [0.25, 0.3) is 15.9 Å². The maximum atomic E-state index is 13.0. The SMILES string of the molecule is COc1ccccc1NS(=O)(=O)c1ccc(C)c(NC(=O)CNC(=O)c2ccc(F)cc2)c1. The Morgan fingerprint density at radius 3 is 2.36 bits per heavy atom. The number of sulfonamides is 1. The zero-order valence-electron chi connectivity index (χ0n) is 17.9. The molecule has 0 fully saturated rings. The highest BCUT2D eigenvalue weighted by atomic mass is 32.2. The second kappa shape index (κ2) is 10.1. The third kappa shape index (κ3) is 6.07. The average molecular weight is 472 g/mol. The summed E-state index contributed by atoms with van der Waals surface area (Å²) in [5.41, 5.74) is 1.38. The third-order valence-electron chi connectivity index (χ3n) is 4.66. The Balaban J connectivity index is 1.69. The number of halogens is 1. The van der Waals surface area contributed by atoms with Crippen molar-refractivity contribution in [2.45, 2.75) is 11.8 Å². The predicted octanol–water partition coefficient (Wildman–Crippen LogP) is 3.31. The van der Waals surface area contributed by atoms with Crippen molar-refractivity contribution < 1.29 is 27.1 Å². The standard InChI is InChI=1S/C23H22FN3O5S/c1-15-7-12-18(33(30,31)27-19-5-3-4-6-21(19)32-2)13-20(15)26-22(28)14-25-23(29)16-8-10-17(24)11-9-16/h3-13,27H,14H2,1-2H3,(H,25,29)(H,26,28). The van der Waals surface area contributed by atoms with Crippen molar-refractivity contribution >= 4 is 33.2 Å². The van der Waals surface area contributed by atoms with Gasteiger partial charge in [-0.25, -0.2) is 12.8 Å². The van der Waals surface area contributed by atoms with Gasteiger partial charge in [-0.05, 0) is 61.0 Å². The fourth-order valence-electron chi connectivity index (χ4n) is 2.89. The van der Waals surface area contributed by atoms with Gasteiger partial charge in [-0.3, -0.25) is 14.3 Å². The first kappa shape index (κ1) is 23.7. The molecule has 0 aliphatic carbocycles. The van der Waals surface area contributed by atoms with Crippen molar-refractivity contribution in [3.05, 3.63) is 83.7 Å². The van der Waals surface area contributed by atoms with Crippen molar-refractivity contribution in [1.29, 1.82) is 0 Å². The van der Waals surface area contributed by atoms with E-state index in [0.29, 0.717) is 11.3 Å². The minimum absolute atomic E-state index is 0.0651. The summed E-state index contributed by atoms with van der Waals surface area (Å²) in [4.78, 5) is 24.3. The molecule has 0 aliphatic heterocycles. The smallest absolute Gasteiger partial charge is 0.262 e. The largest absolute Gasteiger partial charge is 0.495 e. The third-order valence-corrected chi connectivity index (χ3v) is 6.02. The molecule has 0 heterocycles. The van der Waals surface area contributed by atoms with Crippen molar-refractivity contribution in [1.82, 2.24) is 5.32 Å². The quantitative estimate of drug-likeness (QED) is 0.467. The Labute approximate surface area is 190 Å². The van der Waals surface area contributed by atoms with E-state index in [2.05, 4.69) is 15.4 Å². The number of ether oxygens (including phenoxy) is 1. The van der Waals surface area contributed by atoms with E-state index in [9.17, 15) is 22.4 Å². The second-order valence-electron chi connectivity index (χ2n) is 7.02. The number of rotatable bonds is 8. The minimum Gasteiger partial charge on any atom is -0.495 e. The number of anilines is 2. The Kier molecular flexibility index (Phi) is 7.29. The molecule has 0 aliphatic rings. The number of benzene rings is 3. The summed E-state index contributed by atoms with van der Waals surface area (Å²) in [5.74, 6) is -1.21. The van der Waals surface area contributed by atoms with Crippen LogP contribution in [0.25, 0.3) is 0 Å². The number of aryl methyl sites for hydroxylation is 1. The van der Waals surface area contributed by atoms with Crippen LogP contribution in [-0.2, 0) is 14.8 Å². The van der Waals surface area contributed by atoms with Gasteiger partial charge < -0.3 is 15.4 Å². The summed E-state index contributed by atoms with van der Waals surface area (Å²) in [7, 11) is -2.54. The lowest BCUT2D eigenvalue weighted by atomic mass is 10.2. The van der Waals surface area contributed by atoms with Gasteiger partial charge >= 0.3 is 0 Å². The van der Waals surface area contributed by atoms with Gasteiger partial charge in [0.05, 0.1) is 24.2 Å². The van der Waals surface area contributed by atoms with E-state index in [1.807, 2.05) is 0 Å². The normalized spacial score (nSPS) is 10.9. The number of amides is 2. The number of carbonyl (C=O) groups excluding carboxylic acids is 2. The molecule has 3 rings (SSSR count). The molecule has 0 bridgehead atoms. The fraction of sp³-hybridized carbons (Fsp3) is 0.130. The molecule has 0 radical (unpaired) electrons. The Morgan fingerprint density at radius 1 is 0.970 bits per heavy atom. The number of methoxy groups -OCH3 is 1. The molecule has 0 unspecified atom stereocenters. The van der Waals surface area contributed by atoms with Gasteiger partial charge in [0, 0.05) is 11.3 Å². The first-order valence-electron chi connectivity index (χ1n) is 9.80. The Hall–Kier alpha value is -3.92. The van der Waals surface area contributed by atoms with Crippen molar-refractivity contribution in [3.8, 4) is 5.75 Å². The van der Waals surface area contributed by atoms with Crippen LogP contribution in [0, 0.1) is 12.7 Å². The van der Waals surface area contributed by atoms with Crippen LogP contribution >= 0.6 is 0 Å². The van der Waals surface area contributed by atoms with Crippen LogP contribution in [0.1, 0.15) is 15.9 Å². The number of nitrogens with one attached hydrogen (secondary N) is 3. The highest BCUT2D eigenvalue weighted by Crippen LogP contribution is 2.27. The monoisotopic (exact) mass is 471 g/mol. The second-order valence-corrected chi connectivity index (χ2v) is 8.70. The molecule has 0 saturated heterocycles. The van der Waals surface area contributed by atoms with Crippen LogP contribution < -0.4 is 20.1 Å². The number of hydrogen-bond donors (Lipinski definition) is 3. The molecule has 2 amide bonds. The van der Waals surface area contributed by atoms with E-state index in [-0.39, 0.29) is 28.4 Å². The first-order chi connectivity index (χ1) is 15.7. The van der Waals surface area contributed by atoms with Crippen LogP contribution in [0.5, 0.6) is 5.75 Å². The van der Waals surface area contributed by atoms with E-state index in [1.54, 1.807) is 37.3 Å². The summed E-state index contributed by atoms with van der Waals surface area (Å²) >= 11 is 0. The van der Waals surface area contributed by atoms with E-state index in [1.165, 1.54) is 31.4 Å². The van der Waals surface area contributed by atoms with Gasteiger partial charge in [0.15, 0.2) is 0 Å². The molecule has 172 valence electrons. The Morgan fingerprint density at radius 2 is 1.67 bits per heavy atom. The van der Waals surface area contributed by atoms with E-state index >= 15 is 0 Å². The molecule has 3 aromatic rings. The van der Waals surface area contributed by atoms with Crippen LogP contribution in [0.4, 0.5) is 15.8 Å². The molecule has 3 aromatic carbocycles. The lowest BCUT2D eigenvalue weighted by molar-refractivity contribution is -0.115. The molecular formula is C23H22FN3O5S. The molecule has 3 N–H and O–H groups in total. The maximum Gasteiger partial charge on any atom is 0.262 e. The van der Waals surface area contributed by atoms with Crippen molar-refractivity contribution in [2.75, 3.05) is 23.7 Å². The summed E-state index contributed by atoms with van der Waals surface area (Å²) < 4.78 is 46.3.